The quantitative estimate of drug-likeness (QED) is 0.805. The van der Waals surface area contributed by atoms with Crippen LogP contribution in [0.1, 0.15) is 6.92 Å². The van der Waals surface area contributed by atoms with Gasteiger partial charge in [-0.25, -0.2) is 8.42 Å². The van der Waals surface area contributed by atoms with Crippen LogP contribution < -0.4 is 11.1 Å². The Bertz CT molecular complexity index is 634. The van der Waals surface area contributed by atoms with E-state index in [2.05, 4.69) is 5.32 Å². The number of nitrogens with one attached hydrogen (secondary N) is 1. The normalized spacial score (nSPS) is 19.9. The van der Waals surface area contributed by atoms with Gasteiger partial charge in [-0.2, -0.15) is 0 Å². The molecule has 1 unspecified atom stereocenters. The van der Waals surface area contributed by atoms with Gasteiger partial charge in [0.15, 0.2) is 9.84 Å². The first-order chi connectivity index (χ1) is 9.78. The van der Waals surface area contributed by atoms with Gasteiger partial charge in [0.1, 0.15) is 0 Å². The predicted molar refractivity (Wildman–Crippen MR) is 84.2 cm³/mol. The SMILES string of the molecule is CC(C(=O)Nc1cc(Cl)ccc1N)N1CCS(=O)(=O)CC1. The van der Waals surface area contributed by atoms with Crippen LogP contribution in [0.4, 0.5) is 11.4 Å². The molecule has 0 spiro atoms. The van der Waals surface area contributed by atoms with Crippen LogP contribution in [0.15, 0.2) is 18.2 Å². The van der Waals surface area contributed by atoms with Crippen molar-refractivity contribution in [2.24, 2.45) is 0 Å². The molecule has 6 nitrogen and oxygen atoms in total. The number of halogens is 1. The van der Waals surface area contributed by atoms with Gasteiger partial charge in [-0.05, 0) is 25.1 Å². The Morgan fingerprint density at radius 3 is 2.62 bits per heavy atom. The van der Waals surface area contributed by atoms with E-state index >= 15 is 0 Å². The van der Waals surface area contributed by atoms with E-state index in [0.29, 0.717) is 29.5 Å². The first-order valence-corrected chi connectivity index (χ1v) is 8.79. The maximum absolute atomic E-state index is 12.2. The number of benzene rings is 1. The largest absolute Gasteiger partial charge is 0.397 e. The molecule has 1 aliphatic heterocycles. The second-order valence-corrected chi connectivity index (χ2v) is 7.82. The Morgan fingerprint density at radius 1 is 1.38 bits per heavy atom. The Kier molecular flexibility index (Phi) is 4.75. The molecule has 0 aliphatic carbocycles. The third-order valence-corrected chi connectivity index (χ3v) is 5.42. The summed E-state index contributed by atoms with van der Waals surface area (Å²) in [6.45, 7) is 2.47. The van der Waals surface area contributed by atoms with Gasteiger partial charge in [0.05, 0.1) is 28.9 Å². The average Bonchev–Trinajstić information content (AvgIpc) is 2.42. The Balaban J connectivity index is 2.01. The van der Waals surface area contributed by atoms with Crippen molar-refractivity contribution in [1.29, 1.82) is 0 Å². The van der Waals surface area contributed by atoms with E-state index in [1.807, 2.05) is 4.90 Å². The summed E-state index contributed by atoms with van der Waals surface area (Å²) in [5.41, 5.74) is 6.68. The molecule has 116 valence electrons. The van der Waals surface area contributed by atoms with Crippen LogP contribution in [0, 0.1) is 0 Å². The first kappa shape index (κ1) is 16.1. The van der Waals surface area contributed by atoms with Crippen molar-refractivity contribution in [3.8, 4) is 0 Å². The van der Waals surface area contributed by atoms with Crippen molar-refractivity contribution in [1.82, 2.24) is 4.90 Å². The van der Waals surface area contributed by atoms with E-state index in [0.717, 1.165) is 0 Å². The molecule has 3 N–H and O–H groups in total. The van der Waals surface area contributed by atoms with Gasteiger partial charge in [0, 0.05) is 18.1 Å². The maximum atomic E-state index is 12.2. The zero-order valence-electron chi connectivity index (χ0n) is 11.7. The van der Waals surface area contributed by atoms with Crippen LogP contribution in [0.2, 0.25) is 5.02 Å². The molecule has 1 atom stereocenters. The molecular weight excluding hydrogens is 314 g/mol. The fourth-order valence-electron chi connectivity index (χ4n) is 2.15. The lowest BCUT2D eigenvalue weighted by Gasteiger charge is -2.31. The van der Waals surface area contributed by atoms with Crippen LogP contribution >= 0.6 is 11.6 Å². The van der Waals surface area contributed by atoms with Crippen LogP contribution in [0.3, 0.4) is 0 Å². The van der Waals surface area contributed by atoms with Gasteiger partial charge < -0.3 is 11.1 Å². The number of anilines is 2. The molecule has 2 rings (SSSR count). The van der Waals surface area contributed by atoms with Crippen LogP contribution in [-0.2, 0) is 14.6 Å². The minimum Gasteiger partial charge on any atom is -0.397 e. The number of nitrogen functional groups attached to an aromatic ring is 1. The Morgan fingerprint density at radius 2 is 2.00 bits per heavy atom. The number of sulfone groups is 1. The number of hydrogen-bond acceptors (Lipinski definition) is 5. The zero-order chi connectivity index (χ0) is 15.6. The molecule has 1 aromatic rings. The Labute approximate surface area is 129 Å². The number of amides is 1. The van der Waals surface area contributed by atoms with Gasteiger partial charge >= 0.3 is 0 Å². The summed E-state index contributed by atoms with van der Waals surface area (Å²) in [5.74, 6) is -0.0586. The highest BCUT2D eigenvalue weighted by molar-refractivity contribution is 7.91. The fraction of sp³-hybridized carbons (Fsp3) is 0.462. The lowest BCUT2D eigenvalue weighted by atomic mass is 10.2. The molecule has 1 aliphatic rings. The molecule has 1 fully saturated rings. The van der Waals surface area contributed by atoms with Crippen molar-refractivity contribution in [2.75, 3.05) is 35.6 Å². The maximum Gasteiger partial charge on any atom is 0.241 e. The number of nitrogens with two attached hydrogens (primary N) is 1. The molecule has 0 bridgehead atoms. The van der Waals surface area contributed by atoms with E-state index in [-0.39, 0.29) is 17.4 Å². The molecule has 1 amide bonds. The van der Waals surface area contributed by atoms with Gasteiger partial charge in [-0.15, -0.1) is 0 Å². The first-order valence-electron chi connectivity index (χ1n) is 6.59. The van der Waals surface area contributed by atoms with Gasteiger partial charge in [-0.1, -0.05) is 11.6 Å². The van der Waals surface area contributed by atoms with Crippen molar-refractivity contribution in [3.63, 3.8) is 0 Å². The summed E-state index contributed by atoms with van der Waals surface area (Å²) in [6.07, 6.45) is 0. The zero-order valence-corrected chi connectivity index (χ0v) is 13.2. The summed E-state index contributed by atoms with van der Waals surface area (Å²) >= 11 is 5.88. The molecule has 1 saturated heterocycles. The summed E-state index contributed by atoms with van der Waals surface area (Å²) in [7, 11) is -2.96. The van der Waals surface area contributed by atoms with Crippen molar-refractivity contribution < 1.29 is 13.2 Å². The number of hydrogen-bond donors (Lipinski definition) is 2. The van der Waals surface area contributed by atoms with Crippen LogP contribution in [0.25, 0.3) is 0 Å². The van der Waals surface area contributed by atoms with E-state index in [1.54, 1.807) is 25.1 Å². The smallest absolute Gasteiger partial charge is 0.241 e. The molecule has 0 aromatic heterocycles. The number of carbonyl (C=O) groups excluding carboxylic acids is 1. The summed E-state index contributed by atoms with van der Waals surface area (Å²) < 4.78 is 22.8. The van der Waals surface area contributed by atoms with Crippen LogP contribution in [0.5, 0.6) is 0 Å². The van der Waals surface area contributed by atoms with E-state index < -0.39 is 15.9 Å². The van der Waals surface area contributed by atoms with Crippen molar-refractivity contribution in [3.05, 3.63) is 23.2 Å². The highest BCUT2D eigenvalue weighted by Gasteiger charge is 2.28. The number of nitrogens with zero attached hydrogens (tertiary/aromatic N) is 1. The van der Waals surface area contributed by atoms with Crippen molar-refractivity contribution in [2.45, 2.75) is 13.0 Å². The summed E-state index contributed by atoms with van der Waals surface area (Å²) in [5, 5.41) is 3.21. The second kappa shape index (κ2) is 6.21. The molecular formula is C13H18ClN3O3S. The highest BCUT2D eigenvalue weighted by atomic mass is 35.5. The fourth-order valence-corrected chi connectivity index (χ4v) is 3.56. The third-order valence-electron chi connectivity index (χ3n) is 3.58. The van der Waals surface area contributed by atoms with Crippen molar-refractivity contribution >= 4 is 38.7 Å². The highest BCUT2D eigenvalue weighted by Crippen LogP contribution is 2.23. The molecule has 1 aromatic carbocycles. The monoisotopic (exact) mass is 331 g/mol. The molecule has 0 radical (unpaired) electrons. The lowest BCUT2D eigenvalue weighted by Crippen LogP contribution is -2.49. The molecule has 21 heavy (non-hydrogen) atoms. The van der Waals surface area contributed by atoms with Crippen LogP contribution in [-0.4, -0.2) is 49.9 Å². The van der Waals surface area contributed by atoms with Gasteiger partial charge in [-0.3, -0.25) is 9.69 Å². The number of rotatable bonds is 3. The average molecular weight is 332 g/mol. The minimum atomic E-state index is -2.96. The second-order valence-electron chi connectivity index (χ2n) is 5.08. The molecule has 1 heterocycles. The van der Waals surface area contributed by atoms with E-state index in [9.17, 15) is 13.2 Å². The third kappa shape index (κ3) is 4.09. The molecule has 8 heteroatoms. The standard InChI is InChI=1S/C13H18ClN3O3S/c1-9(17-4-6-21(19,20)7-5-17)13(18)16-12-8-10(14)2-3-11(12)15/h2-3,8-9H,4-7,15H2,1H3,(H,16,18). The topological polar surface area (TPSA) is 92.5 Å². The summed E-state index contributed by atoms with van der Waals surface area (Å²) in [6, 6.07) is 4.42. The predicted octanol–water partition coefficient (Wildman–Crippen LogP) is 0.980. The lowest BCUT2D eigenvalue weighted by molar-refractivity contribution is -0.120. The van der Waals surface area contributed by atoms with Gasteiger partial charge in [0.2, 0.25) is 5.91 Å². The minimum absolute atomic E-state index is 0.0872. The summed E-state index contributed by atoms with van der Waals surface area (Å²) in [4.78, 5) is 14.1. The van der Waals surface area contributed by atoms with E-state index in [1.165, 1.54) is 0 Å². The molecule has 0 saturated carbocycles. The van der Waals surface area contributed by atoms with Gasteiger partial charge in [0.25, 0.3) is 0 Å². The van der Waals surface area contributed by atoms with E-state index in [4.69, 9.17) is 17.3 Å². The number of carbonyl (C=O) groups is 1. The Hall–Kier alpha value is -1.31.